The minimum absolute atomic E-state index is 0.0294. The molecule has 2 heterocycles. The van der Waals surface area contributed by atoms with E-state index >= 15 is 0 Å². The molecular formula is C24H28N+. The van der Waals surface area contributed by atoms with Crippen molar-refractivity contribution in [1.82, 2.24) is 0 Å². The van der Waals surface area contributed by atoms with Crippen LogP contribution in [0.2, 0.25) is 0 Å². The fourth-order valence-corrected chi connectivity index (χ4v) is 4.80. The molecule has 0 amide bonds. The molecule has 0 N–H and O–H groups in total. The summed E-state index contributed by atoms with van der Waals surface area (Å²) >= 11 is 0. The maximum absolute atomic E-state index is 2.56. The maximum atomic E-state index is 2.56. The van der Waals surface area contributed by atoms with Crippen LogP contribution in [0.15, 0.2) is 42.5 Å². The van der Waals surface area contributed by atoms with Gasteiger partial charge in [0, 0.05) is 36.9 Å². The fourth-order valence-electron chi connectivity index (χ4n) is 4.80. The summed E-state index contributed by atoms with van der Waals surface area (Å²) in [6, 6.07) is 16.2. The number of hydrogen-bond acceptors (Lipinski definition) is 0. The van der Waals surface area contributed by atoms with Crippen molar-refractivity contribution < 1.29 is 4.57 Å². The molecule has 2 aromatic carbocycles. The summed E-state index contributed by atoms with van der Waals surface area (Å²) in [5.74, 6) is 0.675. The highest BCUT2D eigenvalue weighted by atomic mass is 15.1. The van der Waals surface area contributed by atoms with Gasteiger partial charge in [-0.25, -0.2) is 0 Å². The van der Waals surface area contributed by atoms with Gasteiger partial charge >= 0.3 is 0 Å². The van der Waals surface area contributed by atoms with Gasteiger partial charge in [0.15, 0.2) is 5.54 Å². The van der Waals surface area contributed by atoms with E-state index in [2.05, 4.69) is 88.6 Å². The summed E-state index contributed by atoms with van der Waals surface area (Å²) in [5.41, 5.74) is 9.72. The number of pyridine rings is 1. The van der Waals surface area contributed by atoms with Crippen molar-refractivity contribution in [2.75, 3.05) is 0 Å². The van der Waals surface area contributed by atoms with Crippen molar-refractivity contribution in [3.63, 3.8) is 0 Å². The monoisotopic (exact) mass is 330 g/mol. The lowest BCUT2D eigenvalue weighted by molar-refractivity contribution is -0.707. The number of fused-ring (bicyclic) bond motifs is 5. The molecule has 1 aliphatic heterocycles. The second kappa shape index (κ2) is 5.42. The van der Waals surface area contributed by atoms with Crippen molar-refractivity contribution in [2.45, 2.75) is 53.5 Å². The lowest BCUT2D eigenvalue weighted by Gasteiger charge is -2.19. The molecule has 0 radical (unpaired) electrons. The van der Waals surface area contributed by atoms with E-state index in [4.69, 9.17) is 0 Å². The summed E-state index contributed by atoms with van der Waals surface area (Å²) in [6.07, 6.45) is 1.13. The highest BCUT2D eigenvalue weighted by Crippen LogP contribution is 2.41. The average molecular weight is 330 g/mol. The standard InChI is InChI=1S/C24H28N/c1-15(2)11-18-7-8-19-9-10-21-20-13-16(3)12-17(4)23(20)24(5,6)25(21)22(19)14-18/h7-10,12-15H,11H2,1-6H3/q+1. The first-order valence-corrected chi connectivity index (χ1v) is 9.39. The lowest BCUT2D eigenvalue weighted by atomic mass is 9.88. The predicted molar refractivity (Wildman–Crippen MR) is 106 cm³/mol. The Bertz CT molecular complexity index is 993. The Kier molecular flexibility index (Phi) is 3.54. The van der Waals surface area contributed by atoms with Crippen molar-refractivity contribution in [1.29, 1.82) is 0 Å². The number of rotatable bonds is 2. The van der Waals surface area contributed by atoms with Gasteiger partial charge in [0.1, 0.15) is 0 Å². The number of benzene rings is 2. The maximum Gasteiger partial charge on any atom is 0.214 e. The number of aryl methyl sites for hydroxylation is 2. The first kappa shape index (κ1) is 16.3. The molecule has 4 rings (SSSR count). The molecule has 0 saturated heterocycles. The van der Waals surface area contributed by atoms with Crippen LogP contribution in [-0.2, 0) is 12.0 Å². The highest BCUT2D eigenvalue weighted by Gasteiger charge is 2.45. The zero-order valence-electron chi connectivity index (χ0n) is 16.3. The molecule has 1 aromatic heterocycles. The SMILES string of the molecule is Cc1cc(C)c2c(c1)-c1ccc3ccc(CC(C)C)cc3[n+]1C2(C)C. The average Bonchev–Trinajstić information content (AvgIpc) is 2.74. The van der Waals surface area contributed by atoms with Gasteiger partial charge in [-0.1, -0.05) is 26.0 Å². The molecule has 0 aliphatic carbocycles. The van der Waals surface area contributed by atoms with Gasteiger partial charge in [0.25, 0.3) is 0 Å². The van der Waals surface area contributed by atoms with Gasteiger partial charge in [-0.2, -0.15) is 4.57 Å². The van der Waals surface area contributed by atoms with Gasteiger partial charge < -0.3 is 0 Å². The highest BCUT2D eigenvalue weighted by molar-refractivity contribution is 5.80. The van der Waals surface area contributed by atoms with Crippen LogP contribution in [0.1, 0.15) is 49.9 Å². The van der Waals surface area contributed by atoms with Crippen LogP contribution in [0.25, 0.3) is 22.2 Å². The van der Waals surface area contributed by atoms with E-state index in [0.29, 0.717) is 5.92 Å². The van der Waals surface area contributed by atoms with Crippen LogP contribution >= 0.6 is 0 Å². The summed E-state index contributed by atoms with van der Waals surface area (Å²) in [5, 5.41) is 1.33. The van der Waals surface area contributed by atoms with Crippen molar-refractivity contribution in [3.8, 4) is 11.3 Å². The van der Waals surface area contributed by atoms with E-state index in [1.807, 2.05) is 0 Å². The molecule has 0 unspecified atom stereocenters. The van der Waals surface area contributed by atoms with Crippen LogP contribution in [0.3, 0.4) is 0 Å². The topological polar surface area (TPSA) is 3.88 Å². The molecule has 1 heteroatoms. The molecule has 0 spiro atoms. The lowest BCUT2D eigenvalue weighted by Crippen LogP contribution is -2.51. The summed E-state index contributed by atoms with van der Waals surface area (Å²) in [4.78, 5) is 0. The molecule has 1 nitrogen and oxygen atoms in total. The van der Waals surface area contributed by atoms with E-state index in [9.17, 15) is 0 Å². The smallest absolute Gasteiger partial charge is 0.182 e. The van der Waals surface area contributed by atoms with Gasteiger partial charge in [0.05, 0.1) is 5.56 Å². The molecule has 25 heavy (non-hydrogen) atoms. The third-order valence-electron chi connectivity index (χ3n) is 5.57. The van der Waals surface area contributed by atoms with E-state index in [1.165, 1.54) is 44.4 Å². The minimum atomic E-state index is -0.0294. The van der Waals surface area contributed by atoms with Crippen LogP contribution in [0.4, 0.5) is 0 Å². The zero-order chi connectivity index (χ0) is 17.9. The zero-order valence-corrected chi connectivity index (χ0v) is 16.3. The molecule has 3 aromatic rings. The van der Waals surface area contributed by atoms with Gasteiger partial charge in [-0.3, -0.25) is 0 Å². The molecule has 0 bridgehead atoms. The van der Waals surface area contributed by atoms with Crippen LogP contribution in [0.5, 0.6) is 0 Å². The Labute approximate surface area is 151 Å². The Hall–Kier alpha value is -2.15. The molecule has 128 valence electrons. The van der Waals surface area contributed by atoms with Crippen LogP contribution in [0, 0.1) is 19.8 Å². The van der Waals surface area contributed by atoms with E-state index in [1.54, 1.807) is 0 Å². The number of hydrogen-bond donors (Lipinski definition) is 0. The van der Waals surface area contributed by atoms with Gasteiger partial charge in [0.2, 0.25) is 11.2 Å². The quantitative estimate of drug-likeness (QED) is 0.530. The Morgan fingerprint density at radius 2 is 1.68 bits per heavy atom. The minimum Gasteiger partial charge on any atom is -0.182 e. The Morgan fingerprint density at radius 1 is 0.960 bits per heavy atom. The van der Waals surface area contributed by atoms with Gasteiger partial charge in [-0.15, -0.1) is 0 Å². The third-order valence-corrected chi connectivity index (χ3v) is 5.57. The fraction of sp³-hybridized carbons (Fsp3) is 0.375. The van der Waals surface area contributed by atoms with Crippen LogP contribution < -0.4 is 4.57 Å². The van der Waals surface area contributed by atoms with E-state index in [0.717, 1.165) is 6.42 Å². The molecule has 0 saturated carbocycles. The summed E-state index contributed by atoms with van der Waals surface area (Å²) < 4.78 is 2.56. The first-order chi connectivity index (χ1) is 11.8. The largest absolute Gasteiger partial charge is 0.214 e. The summed E-state index contributed by atoms with van der Waals surface area (Å²) in [6.45, 7) is 13.8. The number of nitrogens with zero attached hydrogens (tertiary/aromatic N) is 1. The number of aromatic nitrogens is 1. The van der Waals surface area contributed by atoms with Crippen molar-refractivity contribution in [2.24, 2.45) is 5.92 Å². The Balaban J connectivity index is 2.05. The van der Waals surface area contributed by atoms with Gasteiger partial charge in [-0.05, 0) is 61.1 Å². The first-order valence-electron chi connectivity index (χ1n) is 9.39. The second-order valence-electron chi connectivity index (χ2n) is 8.61. The van der Waals surface area contributed by atoms with E-state index in [-0.39, 0.29) is 5.54 Å². The molecule has 0 fully saturated rings. The molecule has 1 aliphatic rings. The van der Waals surface area contributed by atoms with Crippen LogP contribution in [-0.4, -0.2) is 0 Å². The third kappa shape index (κ3) is 2.40. The van der Waals surface area contributed by atoms with Crippen molar-refractivity contribution >= 4 is 10.9 Å². The second-order valence-corrected chi connectivity index (χ2v) is 8.61. The normalized spacial score (nSPS) is 14.8. The molecule has 0 atom stereocenters. The van der Waals surface area contributed by atoms with E-state index < -0.39 is 0 Å². The summed E-state index contributed by atoms with van der Waals surface area (Å²) in [7, 11) is 0. The predicted octanol–water partition coefficient (Wildman–Crippen LogP) is 5.71. The van der Waals surface area contributed by atoms with Crippen molar-refractivity contribution in [3.05, 3.63) is 64.7 Å². The molecular weight excluding hydrogens is 302 g/mol. The Morgan fingerprint density at radius 3 is 2.40 bits per heavy atom.